The van der Waals surface area contributed by atoms with E-state index in [1.807, 2.05) is 0 Å². The summed E-state index contributed by atoms with van der Waals surface area (Å²) in [6.45, 7) is 23.8. The van der Waals surface area contributed by atoms with Crippen molar-refractivity contribution < 1.29 is 0 Å². The second-order valence-electron chi connectivity index (χ2n) is 15.4. The molecule has 0 aromatic heterocycles. The number of rotatable bonds is 0. The second kappa shape index (κ2) is 20.7. The number of nitrogens with one attached hydrogen (secondary N) is 2. The molecule has 7 unspecified atom stereocenters. The van der Waals surface area contributed by atoms with Gasteiger partial charge in [-0.1, -0.05) is 42.0 Å². The van der Waals surface area contributed by atoms with Crippen molar-refractivity contribution in [2.45, 2.75) is 144 Å². The van der Waals surface area contributed by atoms with Crippen LogP contribution in [0, 0.1) is 29.6 Å². The van der Waals surface area contributed by atoms with Crippen LogP contribution in [0.4, 0.5) is 0 Å². The summed E-state index contributed by atoms with van der Waals surface area (Å²) in [5.74, 6) is 4.74. The predicted molar refractivity (Wildman–Crippen MR) is 184 cm³/mol. The van der Waals surface area contributed by atoms with E-state index in [0.29, 0.717) is 0 Å². The molecule has 6 fully saturated rings. The fourth-order valence-electron chi connectivity index (χ4n) is 7.29. The Balaban J connectivity index is 0.000000257. The fraction of sp³-hybridized carbons (Fsp3) is 1.00. The van der Waals surface area contributed by atoms with Gasteiger partial charge in [0.1, 0.15) is 0 Å². The molecule has 0 aromatic carbocycles. The molecule has 0 aliphatic carbocycles. The molecule has 7 atom stereocenters. The molecule has 6 rings (SSSR count). The SMILES string of the molecule is C.CC1CC2CCC(C1)N2C.CC1CCC(C)NC1.CC1CCN(C)C1.CC1CCN(C)CC1.CC1CNC(C)C1. The minimum Gasteiger partial charge on any atom is -0.314 e. The largest absolute Gasteiger partial charge is 0.314 e. The van der Waals surface area contributed by atoms with E-state index in [1.165, 1.54) is 103 Å². The fourth-order valence-corrected chi connectivity index (χ4v) is 7.29. The Morgan fingerprint density at radius 2 is 0.976 bits per heavy atom. The molecule has 6 saturated heterocycles. The zero-order valence-electron chi connectivity index (χ0n) is 28.9. The van der Waals surface area contributed by atoms with E-state index in [0.717, 1.165) is 53.8 Å². The lowest BCUT2D eigenvalue weighted by atomic mass is 9.93. The molecule has 5 nitrogen and oxygen atoms in total. The van der Waals surface area contributed by atoms with E-state index in [1.54, 1.807) is 0 Å². The van der Waals surface area contributed by atoms with Crippen LogP contribution in [-0.2, 0) is 0 Å². The third-order valence-electron chi connectivity index (χ3n) is 10.4. The highest BCUT2D eigenvalue weighted by atomic mass is 15.2. The lowest BCUT2D eigenvalue weighted by Crippen LogP contribution is -2.39. The number of hydrogen-bond acceptors (Lipinski definition) is 5. The first kappa shape index (κ1) is 38.8. The average molecular weight is 580 g/mol. The molecular formula is C36H77N5. The molecule has 6 heterocycles. The van der Waals surface area contributed by atoms with E-state index in [2.05, 4.69) is 94.9 Å². The Morgan fingerprint density at radius 3 is 1.29 bits per heavy atom. The van der Waals surface area contributed by atoms with Crippen LogP contribution in [0.1, 0.15) is 120 Å². The van der Waals surface area contributed by atoms with E-state index >= 15 is 0 Å². The summed E-state index contributed by atoms with van der Waals surface area (Å²) in [6.07, 6.45) is 14.2. The number of fused-ring (bicyclic) bond motifs is 2. The maximum absolute atomic E-state index is 3.43. The number of hydrogen-bond donors (Lipinski definition) is 2. The van der Waals surface area contributed by atoms with Gasteiger partial charge in [-0.25, -0.2) is 0 Å². The normalized spacial score (nSPS) is 37.6. The zero-order chi connectivity index (χ0) is 29.7. The van der Waals surface area contributed by atoms with Crippen molar-refractivity contribution in [3.8, 4) is 0 Å². The molecule has 0 saturated carbocycles. The second-order valence-corrected chi connectivity index (χ2v) is 15.4. The van der Waals surface area contributed by atoms with Crippen molar-refractivity contribution in [1.29, 1.82) is 0 Å². The minimum absolute atomic E-state index is 0. The van der Waals surface area contributed by atoms with E-state index < -0.39 is 0 Å². The summed E-state index contributed by atoms with van der Waals surface area (Å²) in [6, 6.07) is 3.42. The Hall–Kier alpha value is -0.200. The van der Waals surface area contributed by atoms with Gasteiger partial charge in [0.05, 0.1) is 0 Å². The first-order chi connectivity index (χ1) is 18.9. The molecule has 2 N–H and O–H groups in total. The minimum atomic E-state index is 0. The van der Waals surface area contributed by atoms with Crippen molar-refractivity contribution in [3.63, 3.8) is 0 Å². The van der Waals surface area contributed by atoms with Gasteiger partial charge in [-0.15, -0.1) is 0 Å². The van der Waals surface area contributed by atoms with E-state index in [-0.39, 0.29) is 7.43 Å². The van der Waals surface area contributed by atoms with Crippen molar-refractivity contribution in [1.82, 2.24) is 25.3 Å². The van der Waals surface area contributed by atoms with Crippen LogP contribution in [-0.4, -0.2) is 99.3 Å². The summed E-state index contributed by atoms with van der Waals surface area (Å²) in [7, 11) is 6.68. The van der Waals surface area contributed by atoms with Crippen molar-refractivity contribution in [2.24, 2.45) is 29.6 Å². The van der Waals surface area contributed by atoms with Gasteiger partial charge in [-0.2, -0.15) is 0 Å². The van der Waals surface area contributed by atoms with E-state index in [4.69, 9.17) is 0 Å². The average Bonchev–Trinajstić information content (AvgIpc) is 3.54. The summed E-state index contributed by atoms with van der Waals surface area (Å²) in [5.41, 5.74) is 0. The lowest BCUT2D eigenvalue weighted by molar-refractivity contribution is 0.142. The molecule has 41 heavy (non-hydrogen) atoms. The summed E-state index contributed by atoms with van der Waals surface area (Å²) >= 11 is 0. The number of nitrogens with zero attached hydrogens (tertiary/aromatic N) is 3. The van der Waals surface area contributed by atoms with Crippen molar-refractivity contribution >= 4 is 0 Å². The van der Waals surface area contributed by atoms with Gasteiger partial charge in [0, 0.05) is 30.7 Å². The summed E-state index contributed by atoms with van der Waals surface area (Å²) in [4.78, 5) is 7.38. The van der Waals surface area contributed by atoms with Crippen molar-refractivity contribution in [2.75, 3.05) is 60.4 Å². The Labute approximate surface area is 259 Å². The van der Waals surface area contributed by atoms with Crippen LogP contribution in [0.2, 0.25) is 0 Å². The van der Waals surface area contributed by atoms with Crippen molar-refractivity contribution in [3.05, 3.63) is 0 Å². The summed E-state index contributed by atoms with van der Waals surface area (Å²) < 4.78 is 0. The van der Waals surface area contributed by atoms with Gasteiger partial charge in [0.25, 0.3) is 0 Å². The maximum atomic E-state index is 3.43. The molecule has 6 aliphatic rings. The molecule has 0 radical (unpaired) electrons. The Bertz CT molecular complexity index is 539. The van der Waals surface area contributed by atoms with Crippen LogP contribution in [0.15, 0.2) is 0 Å². The molecular weight excluding hydrogens is 502 g/mol. The highest BCUT2D eigenvalue weighted by molar-refractivity contribution is 4.91. The molecule has 246 valence electrons. The standard InChI is InChI=1S/C9H17N.2C7H15N.2C6H13N.CH4/c1-7-5-8-3-4-9(6-7)10(8)2;1-7-3-5-8(2)6-4-7;1-6-3-4-7(2)8-5-6;1-5-3-6(2)7-4-5;1-6-3-4-7(2)5-6;/h7-9H,3-6H2,1-2H3;7H,3-6H2,1-2H3;6-8H,3-5H2,1-2H3;5-7H,3-4H2,1-2H3;6H,3-5H2,1-2H3;1H4. The highest BCUT2D eigenvalue weighted by Gasteiger charge is 2.36. The van der Waals surface area contributed by atoms with Gasteiger partial charge in [-0.05, 0) is 162 Å². The van der Waals surface area contributed by atoms with Gasteiger partial charge >= 0.3 is 0 Å². The van der Waals surface area contributed by atoms with Crippen LogP contribution in [0.5, 0.6) is 0 Å². The lowest BCUT2D eigenvalue weighted by Gasteiger charge is -2.34. The maximum Gasteiger partial charge on any atom is 0.00982 e. The highest BCUT2D eigenvalue weighted by Crippen LogP contribution is 2.36. The Morgan fingerprint density at radius 1 is 0.463 bits per heavy atom. The quantitative estimate of drug-likeness (QED) is 0.317. The smallest absolute Gasteiger partial charge is 0.00982 e. The number of likely N-dealkylation sites (tertiary alicyclic amines) is 2. The monoisotopic (exact) mass is 580 g/mol. The number of piperidine rings is 3. The van der Waals surface area contributed by atoms with Crippen LogP contribution in [0.25, 0.3) is 0 Å². The molecule has 5 heteroatoms. The molecule has 2 bridgehead atoms. The summed E-state index contributed by atoms with van der Waals surface area (Å²) in [5, 5.41) is 6.80. The van der Waals surface area contributed by atoms with Gasteiger partial charge in [0.15, 0.2) is 0 Å². The van der Waals surface area contributed by atoms with Crippen LogP contribution in [0.3, 0.4) is 0 Å². The molecule has 6 aliphatic heterocycles. The van der Waals surface area contributed by atoms with Gasteiger partial charge in [-0.3, -0.25) is 0 Å². The third kappa shape index (κ3) is 16.4. The molecule has 0 amide bonds. The van der Waals surface area contributed by atoms with E-state index in [9.17, 15) is 0 Å². The first-order valence-electron chi connectivity index (χ1n) is 17.5. The van der Waals surface area contributed by atoms with Gasteiger partial charge in [0.2, 0.25) is 0 Å². The predicted octanol–water partition coefficient (Wildman–Crippen LogP) is 7.22. The molecule has 0 aromatic rings. The third-order valence-corrected chi connectivity index (χ3v) is 10.4. The Kier molecular flexibility index (Phi) is 19.6. The molecule has 0 spiro atoms. The van der Waals surface area contributed by atoms with Gasteiger partial charge < -0.3 is 25.3 Å². The topological polar surface area (TPSA) is 33.8 Å². The zero-order valence-corrected chi connectivity index (χ0v) is 28.9. The van der Waals surface area contributed by atoms with Crippen LogP contribution >= 0.6 is 0 Å². The first-order valence-corrected chi connectivity index (χ1v) is 17.5. The van der Waals surface area contributed by atoms with Crippen LogP contribution < -0.4 is 10.6 Å².